The minimum Gasteiger partial charge on any atom is -0.301 e. The van der Waals surface area contributed by atoms with Gasteiger partial charge in [0.15, 0.2) is 0 Å². The highest BCUT2D eigenvalue weighted by molar-refractivity contribution is 5.15. The normalized spacial score (nSPS) is 20.1. The molecule has 4 nitrogen and oxygen atoms in total. The van der Waals surface area contributed by atoms with Crippen LogP contribution in [0.1, 0.15) is 37.4 Å². The quantitative estimate of drug-likeness (QED) is 0.722. The SMILES string of the molecule is C=CCn1cc(CN(C)CCN2CCCC[C@@H]2C)c(C)n1. The molecular weight excluding hydrogens is 260 g/mol. The molecule has 0 amide bonds. The third-order valence-electron chi connectivity index (χ3n) is 4.51. The summed E-state index contributed by atoms with van der Waals surface area (Å²) in [7, 11) is 2.21. The van der Waals surface area contributed by atoms with Crippen LogP contribution < -0.4 is 0 Å². The minimum absolute atomic E-state index is 0.754. The van der Waals surface area contributed by atoms with Gasteiger partial charge in [-0.05, 0) is 40.3 Å². The number of allylic oxidation sites excluding steroid dienone is 1. The highest BCUT2D eigenvalue weighted by atomic mass is 15.3. The smallest absolute Gasteiger partial charge is 0.0638 e. The van der Waals surface area contributed by atoms with Crippen molar-refractivity contribution < 1.29 is 0 Å². The van der Waals surface area contributed by atoms with E-state index in [4.69, 9.17) is 0 Å². The summed E-state index contributed by atoms with van der Waals surface area (Å²) < 4.78 is 1.97. The van der Waals surface area contributed by atoms with Gasteiger partial charge >= 0.3 is 0 Å². The van der Waals surface area contributed by atoms with Crippen molar-refractivity contribution in [3.8, 4) is 0 Å². The topological polar surface area (TPSA) is 24.3 Å². The van der Waals surface area contributed by atoms with Gasteiger partial charge in [0.1, 0.15) is 0 Å². The van der Waals surface area contributed by atoms with Crippen molar-refractivity contribution in [3.63, 3.8) is 0 Å². The number of piperidine rings is 1. The van der Waals surface area contributed by atoms with Crippen molar-refractivity contribution in [1.82, 2.24) is 19.6 Å². The zero-order valence-electron chi connectivity index (χ0n) is 13.9. The van der Waals surface area contributed by atoms with Gasteiger partial charge in [0.2, 0.25) is 0 Å². The second-order valence-electron chi connectivity index (χ2n) is 6.37. The maximum atomic E-state index is 4.52. The largest absolute Gasteiger partial charge is 0.301 e. The van der Waals surface area contributed by atoms with Gasteiger partial charge in [0.05, 0.1) is 12.2 Å². The molecule has 1 fully saturated rings. The average Bonchev–Trinajstić information content (AvgIpc) is 2.78. The Labute approximate surface area is 129 Å². The molecule has 0 unspecified atom stereocenters. The molecule has 0 spiro atoms. The Kier molecular flexibility index (Phi) is 6.00. The molecule has 0 saturated carbocycles. The summed E-state index contributed by atoms with van der Waals surface area (Å²) in [5.41, 5.74) is 2.46. The number of rotatable bonds is 7. The fraction of sp³-hybridized carbons (Fsp3) is 0.706. The molecule has 118 valence electrons. The molecule has 1 atom stereocenters. The average molecular weight is 290 g/mol. The van der Waals surface area contributed by atoms with E-state index in [1.807, 2.05) is 10.8 Å². The van der Waals surface area contributed by atoms with Crippen LogP contribution in [0.25, 0.3) is 0 Å². The lowest BCUT2D eigenvalue weighted by molar-refractivity contribution is 0.141. The van der Waals surface area contributed by atoms with E-state index in [2.05, 4.69) is 48.6 Å². The molecule has 1 aromatic heterocycles. The van der Waals surface area contributed by atoms with Crippen LogP contribution in [0.3, 0.4) is 0 Å². The van der Waals surface area contributed by atoms with Crippen molar-refractivity contribution >= 4 is 0 Å². The first-order valence-electron chi connectivity index (χ1n) is 8.16. The molecule has 21 heavy (non-hydrogen) atoms. The molecule has 1 aromatic rings. The standard InChI is InChI=1S/C17H30N4/c1-5-9-21-14-17(16(3)18-21)13-19(4)11-12-20-10-7-6-8-15(20)2/h5,14-15H,1,6-13H2,2-4H3/t15-/m0/s1. The van der Waals surface area contributed by atoms with E-state index in [-0.39, 0.29) is 0 Å². The van der Waals surface area contributed by atoms with Gasteiger partial charge in [0, 0.05) is 37.4 Å². The molecule has 1 aliphatic heterocycles. The van der Waals surface area contributed by atoms with Gasteiger partial charge in [-0.3, -0.25) is 9.58 Å². The first-order valence-corrected chi connectivity index (χ1v) is 8.16. The Bertz CT molecular complexity index is 452. The first kappa shape index (κ1) is 16.2. The maximum absolute atomic E-state index is 4.52. The van der Waals surface area contributed by atoms with Crippen LogP contribution in [0.15, 0.2) is 18.9 Å². The van der Waals surface area contributed by atoms with E-state index in [0.29, 0.717) is 0 Å². The van der Waals surface area contributed by atoms with Gasteiger partial charge in [-0.25, -0.2) is 0 Å². The van der Waals surface area contributed by atoms with Crippen LogP contribution in [0, 0.1) is 6.92 Å². The Morgan fingerprint density at radius 2 is 2.29 bits per heavy atom. The lowest BCUT2D eigenvalue weighted by atomic mass is 10.0. The molecule has 0 aromatic carbocycles. The second-order valence-corrected chi connectivity index (χ2v) is 6.37. The summed E-state index contributed by atoms with van der Waals surface area (Å²) in [4.78, 5) is 5.04. The number of nitrogens with zero attached hydrogens (tertiary/aromatic N) is 4. The monoisotopic (exact) mass is 290 g/mol. The molecule has 0 radical (unpaired) electrons. The summed E-state index contributed by atoms with van der Waals surface area (Å²) in [5, 5.41) is 4.52. The fourth-order valence-electron chi connectivity index (χ4n) is 3.10. The van der Waals surface area contributed by atoms with Crippen LogP contribution in [-0.4, -0.2) is 52.3 Å². The molecule has 0 N–H and O–H groups in total. The number of aromatic nitrogens is 2. The van der Waals surface area contributed by atoms with Crippen LogP contribution in [0.4, 0.5) is 0 Å². The third-order valence-corrected chi connectivity index (χ3v) is 4.51. The Morgan fingerprint density at radius 3 is 3.00 bits per heavy atom. The highest BCUT2D eigenvalue weighted by Crippen LogP contribution is 2.16. The van der Waals surface area contributed by atoms with Crippen molar-refractivity contribution in [3.05, 3.63) is 30.1 Å². The van der Waals surface area contributed by atoms with E-state index in [1.54, 1.807) is 0 Å². The predicted octanol–water partition coefficient (Wildman–Crippen LogP) is 2.68. The molecular formula is C17H30N4. The molecule has 1 saturated heterocycles. The predicted molar refractivity (Wildman–Crippen MR) is 88.4 cm³/mol. The summed E-state index contributed by atoms with van der Waals surface area (Å²) in [6, 6.07) is 0.754. The highest BCUT2D eigenvalue weighted by Gasteiger charge is 2.18. The zero-order valence-corrected chi connectivity index (χ0v) is 13.9. The van der Waals surface area contributed by atoms with Crippen molar-refractivity contribution in [2.75, 3.05) is 26.7 Å². The molecule has 1 aliphatic rings. The molecule has 2 rings (SSSR count). The van der Waals surface area contributed by atoms with Crippen LogP contribution in [0.5, 0.6) is 0 Å². The molecule has 0 aliphatic carbocycles. The Balaban J connectivity index is 1.81. The summed E-state index contributed by atoms with van der Waals surface area (Å²) in [6.45, 7) is 13.6. The number of likely N-dealkylation sites (N-methyl/N-ethyl adjacent to an activating group) is 1. The van der Waals surface area contributed by atoms with Crippen LogP contribution in [0.2, 0.25) is 0 Å². The molecule has 2 heterocycles. The van der Waals surface area contributed by atoms with Crippen LogP contribution in [-0.2, 0) is 13.1 Å². The van der Waals surface area contributed by atoms with Crippen LogP contribution >= 0.6 is 0 Å². The summed E-state index contributed by atoms with van der Waals surface area (Å²) in [6.07, 6.45) is 8.16. The lowest BCUT2D eigenvalue weighted by Crippen LogP contribution is -2.41. The van der Waals surface area contributed by atoms with Crippen molar-refractivity contribution in [2.45, 2.75) is 52.2 Å². The van der Waals surface area contributed by atoms with E-state index >= 15 is 0 Å². The second kappa shape index (κ2) is 7.76. The third kappa shape index (κ3) is 4.68. The van der Waals surface area contributed by atoms with Gasteiger partial charge in [-0.15, -0.1) is 6.58 Å². The maximum Gasteiger partial charge on any atom is 0.0638 e. The van der Waals surface area contributed by atoms with Crippen molar-refractivity contribution in [2.24, 2.45) is 0 Å². The van der Waals surface area contributed by atoms with Gasteiger partial charge in [0.25, 0.3) is 0 Å². The van der Waals surface area contributed by atoms with E-state index in [9.17, 15) is 0 Å². The van der Waals surface area contributed by atoms with Gasteiger partial charge in [-0.2, -0.15) is 5.10 Å². The molecule has 0 bridgehead atoms. The van der Waals surface area contributed by atoms with Crippen molar-refractivity contribution in [1.29, 1.82) is 0 Å². The van der Waals surface area contributed by atoms with Gasteiger partial charge in [-0.1, -0.05) is 12.5 Å². The van der Waals surface area contributed by atoms with E-state index in [1.165, 1.54) is 37.9 Å². The summed E-state index contributed by atoms with van der Waals surface area (Å²) >= 11 is 0. The summed E-state index contributed by atoms with van der Waals surface area (Å²) in [5.74, 6) is 0. The van der Waals surface area contributed by atoms with Gasteiger partial charge < -0.3 is 4.90 Å². The minimum atomic E-state index is 0.754. The zero-order chi connectivity index (χ0) is 15.2. The number of hydrogen-bond acceptors (Lipinski definition) is 3. The molecule has 4 heteroatoms. The Morgan fingerprint density at radius 1 is 1.48 bits per heavy atom. The van der Waals surface area contributed by atoms with E-state index < -0.39 is 0 Å². The van der Waals surface area contributed by atoms with E-state index in [0.717, 1.165) is 31.4 Å². The number of hydrogen-bond donors (Lipinski definition) is 0. The number of aryl methyl sites for hydroxylation is 1. The lowest BCUT2D eigenvalue weighted by Gasteiger charge is -2.34. The Hall–Kier alpha value is -1.13. The number of likely N-dealkylation sites (tertiary alicyclic amines) is 1. The first-order chi connectivity index (χ1) is 10.1. The fourth-order valence-corrected chi connectivity index (χ4v) is 3.10.